The highest BCUT2D eigenvalue weighted by Gasteiger charge is 2.22. The smallest absolute Gasteiger partial charge is 0.190 e. The van der Waals surface area contributed by atoms with Crippen LogP contribution in [0.15, 0.2) is 57.5 Å². The highest BCUT2D eigenvalue weighted by atomic mass is 32.1. The molecule has 0 atom stereocenters. The fourth-order valence-corrected chi connectivity index (χ4v) is 4.30. The zero-order valence-electron chi connectivity index (χ0n) is 13.2. The van der Waals surface area contributed by atoms with Crippen LogP contribution in [-0.4, -0.2) is 4.57 Å². The fourth-order valence-electron chi connectivity index (χ4n) is 3.33. The van der Waals surface area contributed by atoms with Gasteiger partial charge in [0.2, 0.25) is 0 Å². The Morgan fingerprint density at radius 3 is 2.78 bits per heavy atom. The first-order valence-electron chi connectivity index (χ1n) is 8.16. The van der Waals surface area contributed by atoms with Crippen LogP contribution in [0.4, 0.5) is 5.69 Å². The van der Waals surface area contributed by atoms with Crippen LogP contribution in [0.5, 0.6) is 0 Å². The number of rotatable bonds is 3. The van der Waals surface area contributed by atoms with Crippen molar-refractivity contribution in [3.63, 3.8) is 0 Å². The first-order chi connectivity index (χ1) is 11.3. The molecule has 0 radical (unpaired) electrons. The molecular weight excluding hydrogens is 304 g/mol. The Balaban J connectivity index is 1.86. The third-order valence-corrected chi connectivity index (χ3v) is 5.27. The Morgan fingerprint density at radius 1 is 1.17 bits per heavy atom. The predicted octanol–water partition coefficient (Wildman–Crippen LogP) is 5.47. The van der Waals surface area contributed by atoms with Crippen molar-refractivity contribution in [1.29, 1.82) is 0 Å². The molecule has 4 heteroatoms. The lowest BCUT2D eigenvalue weighted by Gasteiger charge is -2.14. The molecule has 0 amide bonds. The Morgan fingerprint density at radius 2 is 2.04 bits per heavy atom. The molecule has 0 N–H and O–H groups in total. The maximum absolute atomic E-state index is 5.65. The average molecular weight is 324 g/mol. The van der Waals surface area contributed by atoms with Gasteiger partial charge in [-0.2, -0.15) is 0 Å². The largest absolute Gasteiger partial charge is 0.463 e. The Hall–Kier alpha value is -2.07. The minimum absolute atomic E-state index is 0.532. The Kier molecular flexibility index (Phi) is 3.92. The molecule has 1 saturated carbocycles. The number of aryl methyl sites for hydroxylation is 1. The molecular formula is C19H20N2OS. The molecule has 2 aromatic heterocycles. The van der Waals surface area contributed by atoms with E-state index in [-0.39, 0.29) is 0 Å². The van der Waals surface area contributed by atoms with Crippen LogP contribution >= 0.6 is 11.3 Å². The summed E-state index contributed by atoms with van der Waals surface area (Å²) in [6.07, 6.45) is 6.80. The van der Waals surface area contributed by atoms with Crippen molar-refractivity contribution >= 4 is 17.0 Å². The minimum Gasteiger partial charge on any atom is -0.463 e. The van der Waals surface area contributed by atoms with Gasteiger partial charge in [0.1, 0.15) is 0 Å². The minimum atomic E-state index is 0.532. The molecule has 1 fully saturated rings. The van der Waals surface area contributed by atoms with E-state index in [1.807, 2.05) is 12.1 Å². The van der Waals surface area contributed by atoms with E-state index in [2.05, 4.69) is 41.1 Å². The maximum atomic E-state index is 5.65. The third kappa shape index (κ3) is 2.91. The number of furan rings is 1. The summed E-state index contributed by atoms with van der Waals surface area (Å²) >= 11 is 1.70. The van der Waals surface area contributed by atoms with Gasteiger partial charge in [0.15, 0.2) is 10.6 Å². The summed E-state index contributed by atoms with van der Waals surface area (Å²) in [7, 11) is 0. The molecule has 0 saturated heterocycles. The van der Waals surface area contributed by atoms with Crippen molar-refractivity contribution in [3.8, 4) is 11.5 Å². The first-order valence-corrected chi connectivity index (χ1v) is 9.04. The number of hydrogen-bond donors (Lipinski definition) is 0. The van der Waals surface area contributed by atoms with E-state index in [1.165, 1.54) is 31.2 Å². The van der Waals surface area contributed by atoms with Crippen LogP contribution in [-0.2, 0) is 0 Å². The maximum Gasteiger partial charge on any atom is 0.190 e. The number of hydrogen-bond acceptors (Lipinski definition) is 3. The van der Waals surface area contributed by atoms with Gasteiger partial charge < -0.3 is 8.98 Å². The average Bonchev–Trinajstić information content (AvgIpc) is 3.28. The van der Waals surface area contributed by atoms with Gasteiger partial charge in [-0.05, 0) is 49.6 Å². The second-order valence-electron chi connectivity index (χ2n) is 6.14. The van der Waals surface area contributed by atoms with Crippen LogP contribution in [0.2, 0.25) is 0 Å². The molecule has 1 aromatic carbocycles. The van der Waals surface area contributed by atoms with Crippen molar-refractivity contribution in [2.75, 3.05) is 0 Å². The van der Waals surface area contributed by atoms with Gasteiger partial charge in [0.25, 0.3) is 0 Å². The number of nitrogens with zero attached hydrogens (tertiary/aromatic N) is 2. The van der Waals surface area contributed by atoms with Gasteiger partial charge in [-0.25, -0.2) is 4.99 Å². The van der Waals surface area contributed by atoms with Gasteiger partial charge in [-0.3, -0.25) is 0 Å². The summed E-state index contributed by atoms with van der Waals surface area (Å²) in [5, 5.41) is 2.17. The molecule has 1 aliphatic rings. The lowest BCUT2D eigenvalue weighted by molar-refractivity contribution is 0.499. The zero-order valence-corrected chi connectivity index (χ0v) is 14.1. The molecule has 0 unspecified atom stereocenters. The van der Waals surface area contributed by atoms with Crippen LogP contribution in [0, 0.1) is 6.92 Å². The van der Waals surface area contributed by atoms with Crippen LogP contribution in [0.25, 0.3) is 11.5 Å². The fraction of sp³-hybridized carbons (Fsp3) is 0.316. The van der Waals surface area contributed by atoms with Gasteiger partial charge in [-0.15, -0.1) is 11.3 Å². The molecule has 4 rings (SSSR count). The number of thiazole rings is 1. The van der Waals surface area contributed by atoms with Gasteiger partial charge in [-0.1, -0.05) is 25.0 Å². The molecule has 118 valence electrons. The van der Waals surface area contributed by atoms with Crippen LogP contribution < -0.4 is 4.80 Å². The monoisotopic (exact) mass is 324 g/mol. The summed E-state index contributed by atoms with van der Waals surface area (Å²) in [4.78, 5) is 5.98. The highest BCUT2D eigenvalue weighted by molar-refractivity contribution is 7.07. The first kappa shape index (κ1) is 14.5. The van der Waals surface area contributed by atoms with Crippen LogP contribution in [0.3, 0.4) is 0 Å². The van der Waals surface area contributed by atoms with Crippen LogP contribution in [0.1, 0.15) is 37.3 Å². The van der Waals surface area contributed by atoms with Crippen molar-refractivity contribution in [2.45, 2.75) is 38.6 Å². The lowest BCUT2D eigenvalue weighted by Crippen LogP contribution is -2.19. The molecule has 0 bridgehead atoms. The molecule has 1 aliphatic carbocycles. The van der Waals surface area contributed by atoms with E-state index >= 15 is 0 Å². The molecule has 0 aliphatic heterocycles. The predicted molar refractivity (Wildman–Crippen MR) is 93.9 cm³/mol. The lowest BCUT2D eigenvalue weighted by atomic mass is 10.2. The Bertz CT molecular complexity index is 852. The summed E-state index contributed by atoms with van der Waals surface area (Å²) in [5.74, 6) is 0.929. The molecule has 3 nitrogen and oxygen atoms in total. The number of aromatic nitrogens is 1. The highest BCUT2D eigenvalue weighted by Crippen LogP contribution is 2.33. The van der Waals surface area contributed by atoms with Crippen molar-refractivity contribution < 1.29 is 4.42 Å². The summed E-state index contributed by atoms with van der Waals surface area (Å²) in [6.45, 7) is 2.10. The van der Waals surface area contributed by atoms with E-state index in [9.17, 15) is 0 Å². The molecule has 0 spiro atoms. The number of benzene rings is 1. The van der Waals surface area contributed by atoms with Gasteiger partial charge >= 0.3 is 0 Å². The normalized spacial score (nSPS) is 16.3. The summed E-state index contributed by atoms with van der Waals surface area (Å²) in [5.41, 5.74) is 3.41. The van der Waals surface area contributed by atoms with Gasteiger partial charge in [0, 0.05) is 11.4 Å². The van der Waals surface area contributed by atoms with E-state index in [0.717, 1.165) is 21.9 Å². The van der Waals surface area contributed by atoms with Crippen molar-refractivity contribution in [2.24, 2.45) is 4.99 Å². The van der Waals surface area contributed by atoms with Crippen molar-refractivity contribution in [1.82, 2.24) is 4.57 Å². The van der Waals surface area contributed by atoms with E-state index in [4.69, 9.17) is 9.41 Å². The second-order valence-corrected chi connectivity index (χ2v) is 6.98. The summed E-state index contributed by atoms with van der Waals surface area (Å²) < 4.78 is 8.03. The SMILES string of the molecule is Cc1cccc(N=c2scc(-c3ccco3)n2C2CCCC2)c1. The Labute approximate surface area is 139 Å². The quantitative estimate of drug-likeness (QED) is 0.628. The third-order valence-electron chi connectivity index (χ3n) is 4.43. The topological polar surface area (TPSA) is 30.4 Å². The van der Waals surface area contributed by atoms with E-state index < -0.39 is 0 Å². The van der Waals surface area contributed by atoms with E-state index in [0.29, 0.717) is 6.04 Å². The van der Waals surface area contributed by atoms with E-state index in [1.54, 1.807) is 17.6 Å². The summed E-state index contributed by atoms with van der Waals surface area (Å²) in [6, 6.07) is 12.9. The van der Waals surface area contributed by atoms with Crippen molar-refractivity contribution in [3.05, 3.63) is 58.4 Å². The van der Waals surface area contributed by atoms with Gasteiger partial charge in [0.05, 0.1) is 17.6 Å². The second kappa shape index (κ2) is 6.20. The zero-order chi connectivity index (χ0) is 15.6. The molecule has 23 heavy (non-hydrogen) atoms. The molecule has 3 aromatic rings. The molecule has 2 heterocycles. The standard InChI is InChI=1S/C19H20N2OS/c1-14-6-4-7-15(12-14)20-19-21(16-8-2-3-9-16)17(13-23-19)18-10-5-11-22-18/h4-7,10-13,16H,2-3,8-9H2,1H3.